The average Bonchev–Trinajstić information content (AvgIpc) is 2.70. The molecule has 148 valence electrons. The van der Waals surface area contributed by atoms with Gasteiger partial charge in [0.1, 0.15) is 11.6 Å². The molecular formula is C22H18ClFN2O3. The minimum atomic E-state index is -0.741. The van der Waals surface area contributed by atoms with E-state index in [4.69, 9.17) is 16.3 Å². The normalized spacial score (nSPS) is 11.4. The minimum absolute atomic E-state index is 0.339. The second kappa shape index (κ2) is 9.21. The molecule has 3 aromatic carbocycles. The van der Waals surface area contributed by atoms with Gasteiger partial charge in [-0.25, -0.2) is 4.39 Å². The van der Waals surface area contributed by atoms with E-state index in [1.165, 1.54) is 24.3 Å². The molecule has 3 rings (SSSR count). The molecule has 0 aliphatic carbocycles. The summed E-state index contributed by atoms with van der Waals surface area (Å²) in [5.41, 5.74) is 1.41. The monoisotopic (exact) mass is 412 g/mol. The SMILES string of the molecule is C[C@H](Oc1cccc(Cl)c1)C(=O)Nc1ccc(C(=O)Nc2ccc(F)cc2)cc1. The highest BCUT2D eigenvalue weighted by Gasteiger charge is 2.15. The molecule has 1 atom stereocenters. The van der Waals surface area contributed by atoms with Crippen LogP contribution in [0.15, 0.2) is 72.8 Å². The second-order valence-electron chi connectivity index (χ2n) is 6.25. The number of benzene rings is 3. The summed E-state index contributed by atoms with van der Waals surface area (Å²) in [5.74, 6) is -0.565. The smallest absolute Gasteiger partial charge is 0.265 e. The molecule has 0 aliphatic heterocycles. The Kier molecular flexibility index (Phi) is 6.46. The van der Waals surface area contributed by atoms with Crippen LogP contribution in [0.5, 0.6) is 5.75 Å². The van der Waals surface area contributed by atoms with Crippen LogP contribution in [0.3, 0.4) is 0 Å². The first-order valence-corrected chi connectivity index (χ1v) is 9.18. The maximum atomic E-state index is 12.9. The number of hydrogen-bond donors (Lipinski definition) is 2. The Hall–Kier alpha value is -3.38. The van der Waals surface area contributed by atoms with Crippen molar-refractivity contribution in [3.05, 3.63) is 89.2 Å². The number of carbonyl (C=O) groups is 2. The third kappa shape index (κ3) is 5.80. The first kappa shape index (κ1) is 20.4. The summed E-state index contributed by atoms with van der Waals surface area (Å²) in [7, 11) is 0. The summed E-state index contributed by atoms with van der Waals surface area (Å²) in [6, 6.07) is 18.7. The van der Waals surface area contributed by atoms with Crippen LogP contribution in [0.4, 0.5) is 15.8 Å². The maximum absolute atomic E-state index is 12.9. The van der Waals surface area contributed by atoms with Crippen LogP contribution >= 0.6 is 11.6 Å². The van der Waals surface area contributed by atoms with Gasteiger partial charge < -0.3 is 15.4 Å². The van der Waals surface area contributed by atoms with Crippen molar-refractivity contribution in [2.75, 3.05) is 10.6 Å². The van der Waals surface area contributed by atoms with E-state index >= 15 is 0 Å². The topological polar surface area (TPSA) is 67.4 Å². The molecule has 29 heavy (non-hydrogen) atoms. The summed E-state index contributed by atoms with van der Waals surface area (Å²) >= 11 is 5.91. The highest BCUT2D eigenvalue weighted by atomic mass is 35.5. The molecule has 0 unspecified atom stereocenters. The van der Waals surface area contributed by atoms with Crippen molar-refractivity contribution in [1.29, 1.82) is 0 Å². The number of amides is 2. The highest BCUT2D eigenvalue weighted by Crippen LogP contribution is 2.19. The van der Waals surface area contributed by atoms with Crippen molar-refractivity contribution in [2.45, 2.75) is 13.0 Å². The molecule has 5 nitrogen and oxygen atoms in total. The van der Waals surface area contributed by atoms with Crippen LogP contribution < -0.4 is 15.4 Å². The molecule has 2 N–H and O–H groups in total. The zero-order valence-electron chi connectivity index (χ0n) is 15.5. The van der Waals surface area contributed by atoms with Crippen LogP contribution in [0.2, 0.25) is 5.02 Å². The standard InChI is InChI=1S/C22H18ClFN2O3/c1-14(29-20-4-2-3-16(23)13-20)21(27)25-18-9-5-15(6-10-18)22(28)26-19-11-7-17(24)8-12-19/h2-14H,1H3,(H,25,27)(H,26,28)/t14-/m0/s1. The van der Waals surface area contributed by atoms with Crippen LogP contribution in [0, 0.1) is 5.82 Å². The summed E-state index contributed by atoms with van der Waals surface area (Å²) in [4.78, 5) is 24.6. The van der Waals surface area contributed by atoms with Crippen molar-refractivity contribution in [1.82, 2.24) is 0 Å². The number of nitrogens with one attached hydrogen (secondary N) is 2. The second-order valence-corrected chi connectivity index (χ2v) is 6.68. The number of carbonyl (C=O) groups excluding carboxylic acids is 2. The zero-order valence-corrected chi connectivity index (χ0v) is 16.2. The largest absolute Gasteiger partial charge is 0.481 e. The van der Waals surface area contributed by atoms with E-state index in [0.29, 0.717) is 27.7 Å². The van der Waals surface area contributed by atoms with Gasteiger partial charge in [0.25, 0.3) is 11.8 Å². The van der Waals surface area contributed by atoms with Crippen LogP contribution in [0.1, 0.15) is 17.3 Å². The maximum Gasteiger partial charge on any atom is 0.265 e. The van der Waals surface area contributed by atoms with Crippen molar-refractivity contribution in [3.63, 3.8) is 0 Å². The van der Waals surface area contributed by atoms with Gasteiger partial charge in [-0.15, -0.1) is 0 Å². The quantitative estimate of drug-likeness (QED) is 0.589. The molecule has 0 fully saturated rings. The molecule has 0 aliphatic rings. The van der Waals surface area contributed by atoms with E-state index in [1.807, 2.05) is 0 Å². The van der Waals surface area contributed by atoms with Crippen LogP contribution in [-0.2, 0) is 4.79 Å². The molecule has 0 spiro atoms. The lowest BCUT2D eigenvalue weighted by Gasteiger charge is -2.15. The van der Waals surface area contributed by atoms with E-state index < -0.39 is 6.10 Å². The molecule has 7 heteroatoms. The van der Waals surface area contributed by atoms with Gasteiger partial charge in [-0.1, -0.05) is 17.7 Å². The average molecular weight is 413 g/mol. The van der Waals surface area contributed by atoms with Gasteiger partial charge in [-0.3, -0.25) is 9.59 Å². The fourth-order valence-corrected chi connectivity index (χ4v) is 2.66. The molecule has 0 aromatic heterocycles. The molecule has 0 radical (unpaired) electrons. The minimum Gasteiger partial charge on any atom is -0.481 e. The number of halogens is 2. The Labute approximate surface area is 172 Å². The van der Waals surface area contributed by atoms with Gasteiger partial charge in [0, 0.05) is 22.0 Å². The van der Waals surface area contributed by atoms with Crippen molar-refractivity contribution in [2.24, 2.45) is 0 Å². The fourth-order valence-electron chi connectivity index (χ4n) is 2.48. The lowest BCUT2D eigenvalue weighted by molar-refractivity contribution is -0.122. The molecular weight excluding hydrogens is 395 g/mol. The summed E-state index contributed by atoms with van der Waals surface area (Å²) in [6.45, 7) is 1.63. The lowest BCUT2D eigenvalue weighted by atomic mass is 10.2. The number of ether oxygens (including phenoxy) is 1. The van der Waals surface area contributed by atoms with Crippen LogP contribution in [-0.4, -0.2) is 17.9 Å². The van der Waals surface area contributed by atoms with E-state index in [-0.39, 0.29) is 17.6 Å². The molecule has 0 bridgehead atoms. The predicted octanol–water partition coefficient (Wildman–Crippen LogP) is 5.14. The summed E-state index contributed by atoms with van der Waals surface area (Å²) < 4.78 is 18.5. The third-order valence-corrected chi connectivity index (χ3v) is 4.23. The number of anilines is 2. The molecule has 2 amide bonds. The van der Waals surface area contributed by atoms with Gasteiger partial charge in [0.05, 0.1) is 0 Å². The fraction of sp³-hybridized carbons (Fsp3) is 0.0909. The van der Waals surface area contributed by atoms with Gasteiger partial charge in [-0.2, -0.15) is 0 Å². The van der Waals surface area contributed by atoms with E-state index in [2.05, 4.69) is 10.6 Å². The van der Waals surface area contributed by atoms with Crippen LogP contribution in [0.25, 0.3) is 0 Å². The molecule has 3 aromatic rings. The molecule has 0 heterocycles. The number of rotatable bonds is 6. The third-order valence-electron chi connectivity index (χ3n) is 3.99. The number of hydrogen-bond acceptors (Lipinski definition) is 3. The van der Waals surface area contributed by atoms with Crippen molar-refractivity contribution < 1.29 is 18.7 Å². The Balaban J connectivity index is 1.57. The first-order valence-electron chi connectivity index (χ1n) is 8.81. The zero-order chi connectivity index (χ0) is 20.8. The summed E-state index contributed by atoms with van der Waals surface area (Å²) in [5, 5.41) is 5.92. The van der Waals surface area contributed by atoms with Gasteiger partial charge >= 0.3 is 0 Å². The van der Waals surface area contributed by atoms with E-state index in [1.54, 1.807) is 55.5 Å². The molecule has 0 saturated carbocycles. The predicted molar refractivity (Wildman–Crippen MR) is 111 cm³/mol. The summed E-state index contributed by atoms with van der Waals surface area (Å²) in [6.07, 6.45) is -0.741. The molecule has 0 saturated heterocycles. The van der Waals surface area contributed by atoms with Gasteiger partial charge in [0.15, 0.2) is 6.10 Å². The van der Waals surface area contributed by atoms with Gasteiger partial charge in [0.2, 0.25) is 0 Å². The Morgan fingerprint density at radius 1 is 0.931 bits per heavy atom. The Morgan fingerprint density at radius 3 is 2.21 bits per heavy atom. The Bertz CT molecular complexity index is 1010. The van der Waals surface area contributed by atoms with Crippen molar-refractivity contribution >= 4 is 34.8 Å². The van der Waals surface area contributed by atoms with E-state index in [0.717, 1.165) is 0 Å². The lowest BCUT2D eigenvalue weighted by Crippen LogP contribution is -2.30. The van der Waals surface area contributed by atoms with E-state index in [9.17, 15) is 14.0 Å². The van der Waals surface area contributed by atoms with Gasteiger partial charge in [-0.05, 0) is 73.7 Å². The first-order chi connectivity index (χ1) is 13.9. The van der Waals surface area contributed by atoms with Crippen molar-refractivity contribution in [3.8, 4) is 5.75 Å². The highest BCUT2D eigenvalue weighted by molar-refractivity contribution is 6.30. The Morgan fingerprint density at radius 2 is 1.55 bits per heavy atom.